The van der Waals surface area contributed by atoms with Crippen molar-refractivity contribution in [3.8, 4) is 0 Å². The first-order valence-electron chi connectivity index (χ1n) is 6.11. The smallest absolute Gasteiger partial charge is 0.306 e. The summed E-state index contributed by atoms with van der Waals surface area (Å²) in [6.45, 7) is 0. The van der Waals surface area contributed by atoms with Gasteiger partial charge in [-0.05, 0) is 12.1 Å². The number of fused-ring (bicyclic) bond motifs is 1. The second kappa shape index (κ2) is 4.73. The van der Waals surface area contributed by atoms with Gasteiger partial charge >= 0.3 is 6.18 Å². The number of aromatic nitrogens is 2. The monoisotopic (exact) mass is 290 g/mol. The number of nitrogens with zero attached hydrogens (tertiary/aromatic N) is 2. The first-order valence-corrected chi connectivity index (χ1v) is 6.11. The summed E-state index contributed by atoms with van der Waals surface area (Å²) in [5.74, 6) is -0.326. The molecule has 0 aliphatic heterocycles. The Bertz CT molecular complexity index is 807. The molecule has 6 heteroatoms. The summed E-state index contributed by atoms with van der Waals surface area (Å²) < 4.78 is 39.1. The molecule has 0 unspecified atom stereocenters. The van der Waals surface area contributed by atoms with Crippen LogP contribution in [0.5, 0.6) is 0 Å². The zero-order valence-electron chi connectivity index (χ0n) is 10.6. The first kappa shape index (κ1) is 13.4. The van der Waals surface area contributed by atoms with Gasteiger partial charge in [-0.2, -0.15) is 13.2 Å². The molecule has 0 aliphatic carbocycles. The highest BCUT2D eigenvalue weighted by Crippen LogP contribution is 2.29. The van der Waals surface area contributed by atoms with Crippen molar-refractivity contribution in [2.45, 2.75) is 6.18 Å². The van der Waals surface area contributed by atoms with Gasteiger partial charge in [0.2, 0.25) is 5.78 Å². The number of ketones is 1. The number of rotatable bonds is 2. The summed E-state index contributed by atoms with van der Waals surface area (Å²) in [6, 6.07) is 10.6. The molecule has 0 amide bonds. The normalized spacial score (nSPS) is 11.8. The van der Waals surface area contributed by atoms with Gasteiger partial charge in [-0.3, -0.25) is 4.79 Å². The van der Waals surface area contributed by atoms with Crippen LogP contribution in [0.15, 0.2) is 54.9 Å². The maximum atomic E-state index is 12.6. The molecule has 3 nitrogen and oxygen atoms in total. The molecule has 0 fully saturated rings. The summed E-state index contributed by atoms with van der Waals surface area (Å²) in [6.07, 6.45) is -2.20. The van der Waals surface area contributed by atoms with Crippen molar-refractivity contribution in [1.29, 1.82) is 0 Å². The Morgan fingerprint density at radius 3 is 2.38 bits per heavy atom. The van der Waals surface area contributed by atoms with E-state index in [0.29, 0.717) is 11.2 Å². The van der Waals surface area contributed by atoms with Crippen LogP contribution in [0, 0.1) is 0 Å². The summed E-state index contributed by atoms with van der Waals surface area (Å²) >= 11 is 0. The van der Waals surface area contributed by atoms with Crippen LogP contribution in [0.2, 0.25) is 0 Å². The van der Waals surface area contributed by atoms with Gasteiger partial charge < -0.3 is 4.40 Å². The van der Waals surface area contributed by atoms with Gasteiger partial charge in [0.15, 0.2) is 0 Å². The minimum atomic E-state index is -4.43. The van der Waals surface area contributed by atoms with Gasteiger partial charge in [0.1, 0.15) is 11.3 Å². The van der Waals surface area contributed by atoms with Crippen LogP contribution in [0.25, 0.3) is 5.65 Å². The lowest BCUT2D eigenvalue weighted by Gasteiger charge is -2.05. The van der Waals surface area contributed by atoms with Crippen molar-refractivity contribution in [3.05, 3.63) is 71.7 Å². The molecule has 0 saturated carbocycles. The molecule has 0 atom stereocenters. The zero-order valence-corrected chi connectivity index (χ0v) is 10.6. The minimum Gasteiger partial charge on any atom is -0.306 e. The van der Waals surface area contributed by atoms with E-state index in [4.69, 9.17) is 0 Å². The number of pyridine rings is 1. The molecule has 0 spiro atoms. The van der Waals surface area contributed by atoms with Crippen LogP contribution in [0.1, 0.15) is 21.6 Å². The van der Waals surface area contributed by atoms with Crippen molar-refractivity contribution in [2.75, 3.05) is 0 Å². The lowest BCUT2D eigenvalue weighted by atomic mass is 10.1. The molecule has 0 radical (unpaired) electrons. The van der Waals surface area contributed by atoms with Gasteiger partial charge in [0.05, 0.1) is 5.56 Å². The van der Waals surface area contributed by atoms with Crippen molar-refractivity contribution in [1.82, 2.24) is 9.38 Å². The summed E-state index contributed by atoms with van der Waals surface area (Å²) in [5.41, 5.74) is 0.0610. The Morgan fingerprint density at radius 2 is 1.71 bits per heavy atom. The molecular weight excluding hydrogens is 281 g/mol. The van der Waals surface area contributed by atoms with E-state index in [-0.39, 0.29) is 11.5 Å². The van der Waals surface area contributed by atoms with Crippen molar-refractivity contribution in [3.63, 3.8) is 0 Å². The van der Waals surface area contributed by atoms with E-state index >= 15 is 0 Å². The standard InChI is InChI=1S/C15H9F3N2O/c16-15(17,18)11-6-7-13-19-12(9-20(13)8-11)14(21)10-4-2-1-3-5-10/h1-9H. The number of benzene rings is 1. The largest absolute Gasteiger partial charge is 0.417 e. The van der Waals surface area contributed by atoms with Crippen molar-refractivity contribution in [2.24, 2.45) is 0 Å². The van der Waals surface area contributed by atoms with Crippen molar-refractivity contribution < 1.29 is 18.0 Å². The van der Waals surface area contributed by atoms with E-state index in [2.05, 4.69) is 4.98 Å². The molecule has 0 saturated heterocycles. The topological polar surface area (TPSA) is 34.4 Å². The van der Waals surface area contributed by atoms with Crippen LogP contribution in [0.3, 0.4) is 0 Å². The quantitative estimate of drug-likeness (QED) is 0.676. The predicted octanol–water partition coefficient (Wildman–Crippen LogP) is 3.58. The molecule has 0 aliphatic rings. The molecular formula is C15H9F3N2O. The van der Waals surface area contributed by atoms with E-state index in [1.807, 2.05) is 0 Å². The number of carbonyl (C=O) groups excluding carboxylic acids is 1. The SMILES string of the molecule is O=C(c1ccccc1)c1cn2cc(C(F)(F)F)ccc2n1. The third kappa shape index (κ3) is 2.52. The fraction of sp³-hybridized carbons (Fsp3) is 0.0667. The van der Waals surface area contributed by atoms with Gasteiger partial charge in [0, 0.05) is 18.0 Å². The highest BCUT2D eigenvalue weighted by atomic mass is 19.4. The number of hydrogen-bond donors (Lipinski definition) is 0. The Morgan fingerprint density at radius 1 is 1.00 bits per heavy atom. The maximum absolute atomic E-state index is 12.6. The molecule has 1 aromatic carbocycles. The zero-order chi connectivity index (χ0) is 15.0. The number of hydrogen-bond acceptors (Lipinski definition) is 2. The van der Waals surface area contributed by atoms with Crippen molar-refractivity contribution >= 4 is 11.4 Å². The van der Waals surface area contributed by atoms with Crippen LogP contribution in [-0.4, -0.2) is 15.2 Å². The number of carbonyl (C=O) groups is 1. The van der Waals surface area contributed by atoms with Crippen LogP contribution in [0.4, 0.5) is 13.2 Å². The number of alkyl halides is 3. The summed E-state index contributed by atoms with van der Waals surface area (Å²) in [5, 5.41) is 0. The van der Waals surface area contributed by atoms with E-state index < -0.39 is 11.7 Å². The van der Waals surface area contributed by atoms with Crippen LogP contribution in [-0.2, 0) is 6.18 Å². The highest BCUT2D eigenvalue weighted by Gasteiger charge is 2.31. The molecule has 0 bridgehead atoms. The van der Waals surface area contributed by atoms with Gasteiger partial charge in [-0.25, -0.2) is 4.98 Å². The van der Waals surface area contributed by atoms with E-state index in [1.54, 1.807) is 30.3 Å². The molecule has 0 N–H and O–H groups in total. The molecule has 2 heterocycles. The Labute approximate surface area is 117 Å². The second-order valence-electron chi connectivity index (χ2n) is 4.50. The molecule has 21 heavy (non-hydrogen) atoms. The molecule has 106 valence electrons. The number of imidazole rings is 1. The van der Waals surface area contributed by atoms with Crippen LogP contribution < -0.4 is 0 Å². The lowest BCUT2D eigenvalue weighted by molar-refractivity contribution is -0.137. The molecule has 3 aromatic rings. The average Bonchev–Trinajstić information content (AvgIpc) is 2.89. The summed E-state index contributed by atoms with van der Waals surface area (Å²) in [4.78, 5) is 16.3. The molecule has 2 aromatic heterocycles. The lowest BCUT2D eigenvalue weighted by Crippen LogP contribution is -2.05. The Kier molecular flexibility index (Phi) is 3.01. The maximum Gasteiger partial charge on any atom is 0.417 e. The van der Waals surface area contributed by atoms with E-state index in [1.165, 1.54) is 16.7 Å². The number of halogens is 3. The fourth-order valence-electron chi connectivity index (χ4n) is 2.01. The molecule has 3 rings (SSSR count). The van der Waals surface area contributed by atoms with Crippen LogP contribution >= 0.6 is 0 Å². The minimum absolute atomic E-state index is 0.112. The predicted molar refractivity (Wildman–Crippen MR) is 70.1 cm³/mol. The fourth-order valence-corrected chi connectivity index (χ4v) is 2.01. The Balaban J connectivity index is 2.04. The third-order valence-electron chi connectivity index (χ3n) is 3.05. The first-order chi connectivity index (χ1) is 9.95. The van der Waals surface area contributed by atoms with E-state index in [0.717, 1.165) is 12.3 Å². The Hall–Kier alpha value is -2.63. The van der Waals surface area contributed by atoms with Gasteiger partial charge in [-0.1, -0.05) is 30.3 Å². The van der Waals surface area contributed by atoms with E-state index in [9.17, 15) is 18.0 Å². The second-order valence-corrected chi connectivity index (χ2v) is 4.50. The third-order valence-corrected chi connectivity index (χ3v) is 3.05. The summed E-state index contributed by atoms with van der Waals surface area (Å²) in [7, 11) is 0. The average molecular weight is 290 g/mol. The van der Waals surface area contributed by atoms with Gasteiger partial charge in [0.25, 0.3) is 0 Å². The highest BCUT2D eigenvalue weighted by molar-refractivity contribution is 6.07. The van der Waals surface area contributed by atoms with Gasteiger partial charge in [-0.15, -0.1) is 0 Å².